The van der Waals surface area contributed by atoms with E-state index in [1.165, 1.54) is 40.6 Å². The fraction of sp³-hybridized carbons (Fsp3) is 0.556. The van der Waals surface area contributed by atoms with Crippen LogP contribution in [0.25, 0.3) is 11.1 Å². The summed E-state index contributed by atoms with van der Waals surface area (Å²) in [5.41, 5.74) is 1.89. The Morgan fingerprint density at radius 3 is 1.46 bits per heavy atom. The molecule has 0 heterocycles. The summed E-state index contributed by atoms with van der Waals surface area (Å²) >= 11 is 0. The molecule has 13 heteroatoms. The van der Waals surface area contributed by atoms with E-state index < -0.39 is 44.9 Å². The van der Waals surface area contributed by atoms with Gasteiger partial charge in [0.1, 0.15) is 11.5 Å². The molecule has 0 saturated heterocycles. The van der Waals surface area contributed by atoms with Crippen molar-refractivity contribution in [2.75, 3.05) is 11.2 Å². The molecule has 0 aliphatic heterocycles. The Labute approximate surface area is 405 Å². The number of halogens is 6. The predicted molar refractivity (Wildman–Crippen MR) is 284 cm³/mol. The second-order valence-corrected chi connectivity index (χ2v) is 32.0. The molecule has 0 fully saturated rings. The molecule has 0 N–H and O–H groups in total. The normalized spacial score (nSPS) is 13.1. The standard InChI is InChI=1S/C54H79F6NO2P2Si2/c1-8-15-35-61(45-28-25-30-47(43-45)67(39-19-12-5,40-20-13-6)41-21-14-7)65(51-34-23-22-32-49(51)62-53(55,56)57)64-50-33-26-31-48(52(50)63-54(58,59)60)44-27-24-29-46(42-44)66(36-16-9-2,37-17-10-3)38-18-11-4/h22-34,42-43,64H,8-21,35-41H2,1-7H3. The minimum Gasteiger partial charge on any atom is -0.405 e. The Kier molecular flexibility index (Phi) is 23.8. The summed E-state index contributed by atoms with van der Waals surface area (Å²) in [6.45, 7) is 15.9. The van der Waals surface area contributed by atoms with Gasteiger partial charge in [0.15, 0.2) is 0 Å². The molecular formula is C54H79F6NO2P2Si2. The van der Waals surface area contributed by atoms with E-state index in [4.69, 9.17) is 9.47 Å². The van der Waals surface area contributed by atoms with Crippen LogP contribution in [0.15, 0.2) is 91.0 Å². The summed E-state index contributed by atoms with van der Waals surface area (Å²) in [7, 11) is -6.28. The van der Waals surface area contributed by atoms with Crippen LogP contribution in [0.5, 0.6) is 11.5 Å². The van der Waals surface area contributed by atoms with Crippen molar-refractivity contribution in [3.05, 3.63) is 91.0 Å². The molecule has 2 unspecified atom stereocenters. The molecule has 0 saturated carbocycles. The van der Waals surface area contributed by atoms with Crippen molar-refractivity contribution in [2.45, 2.75) is 187 Å². The molecular weight excluding hydrogens is 927 g/mol. The van der Waals surface area contributed by atoms with Crippen molar-refractivity contribution in [2.24, 2.45) is 0 Å². The molecule has 0 bridgehead atoms. The molecule has 4 aromatic carbocycles. The van der Waals surface area contributed by atoms with Gasteiger partial charge in [0, 0.05) is 28.4 Å². The van der Waals surface area contributed by atoms with Gasteiger partial charge in [0.05, 0.1) is 23.9 Å². The largest absolute Gasteiger partial charge is 0.573 e. The summed E-state index contributed by atoms with van der Waals surface area (Å²) in [4.78, 5) is 0. The number of hydrogen-bond acceptors (Lipinski definition) is 3. The van der Waals surface area contributed by atoms with Gasteiger partial charge in [-0.15, -0.1) is 26.3 Å². The number of ether oxygens (including phenoxy) is 2. The molecule has 372 valence electrons. The molecule has 0 spiro atoms. The fourth-order valence-corrected chi connectivity index (χ4v) is 26.5. The molecule has 0 radical (unpaired) electrons. The molecule has 0 aliphatic carbocycles. The van der Waals surface area contributed by atoms with Crippen LogP contribution in [0.2, 0.25) is 36.3 Å². The van der Waals surface area contributed by atoms with Crippen molar-refractivity contribution >= 4 is 58.8 Å². The van der Waals surface area contributed by atoms with Crippen molar-refractivity contribution in [1.82, 2.24) is 0 Å². The third-order valence-corrected chi connectivity index (χ3v) is 29.7. The Morgan fingerprint density at radius 2 is 0.970 bits per heavy atom. The van der Waals surface area contributed by atoms with Gasteiger partial charge in [0.2, 0.25) is 0 Å². The van der Waals surface area contributed by atoms with Crippen molar-refractivity contribution in [3.8, 4) is 22.6 Å². The van der Waals surface area contributed by atoms with Gasteiger partial charge in [-0.1, -0.05) is 245 Å². The lowest BCUT2D eigenvalue weighted by molar-refractivity contribution is -0.275. The zero-order chi connectivity index (χ0) is 48.9. The summed E-state index contributed by atoms with van der Waals surface area (Å²) < 4.78 is 99.5. The molecule has 4 aromatic rings. The number of hydrogen-bond donors (Lipinski definition) is 0. The van der Waals surface area contributed by atoms with Crippen molar-refractivity contribution in [3.63, 3.8) is 0 Å². The minimum atomic E-state index is -5.02. The number of para-hydroxylation sites is 2. The smallest absolute Gasteiger partial charge is 0.405 e. The SMILES string of the molecule is CCCCN(c1cccc([Si](CCCC)(CCCC)CCCC)c1)P(Pc1cccc(-c2cccc([Si](CCCC)(CCCC)CCCC)c2)c1OC(F)(F)F)c1ccccc1OC(F)(F)F. The summed E-state index contributed by atoms with van der Waals surface area (Å²) in [5.74, 6) is -0.622. The van der Waals surface area contributed by atoms with E-state index in [2.05, 4.69) is 83.5 Å². The summed E-state index contributed by atoms with van der Waals surface area (Å²) in [6.07, 6.45) is 4.86. The molecule has 0 aromatic heterocycles. The quantitative estimate of drug-likeness (QED) is 0.0285. The van der Waals surface area contributed by atoms with Crippen molar-refractivity contribution in [1.29, 1.82) is 0 Å². The second kappa shape index (κ2) is 28.1. The lowest BCUT2D eigenvalue weighted by Crippen LogP contribution is -2.47. The first-order valence-corrected chi connectivity index (χ1v) is 33.8. The van der Waals surface area contributed by atoms with Gasteiger partial charge in [0.25, 0.3) is 0 Å². The third kappa shape index (κ3) is 16.9. The highest BCUT2D eigenvalue weighted by atomic mass is 32.1. The number of benzene rings is 4. The Morgan fingerprint density at radius 1 is 0.507 bits per heavy atom. The van der Waals surface area contributed by atoms with Crippen LogP contribution in [0.4, 0.5) is 32.0 Å². The first-order valence-electron chi connectivity index (χ1n) is 25.4. The second-order valence-electron chi connectivity index (χ2n) is 18.5. The Hall–Kier alpha value is -2.85. The zero-order valence-corrected chi connectivity index (χ0v) is 45.4. The van der Waals surface area contributed by atoms with E-state index in [0.717, 1.165) is 114 Å². The van der Waals surface area contributed by atoms with Crippen LogP contribution < -0.4 is 35.1 Å². The van der Waals surface area contributed by atoms with Gasteiger partial charge in [-0.25, -0.2) is 0 Å². The van der Waals surface area contributed by atoms with Gasteiger partial charge < -0.3 is 14.1 Å². The Balaban J connectivity index is 2.03. The predicted octanol–water partition coefficient (Wildman–Crippen LogP) is 17.5. The van der Waals surface area contributed by atoms with Gasteiger partial charge >= 0.3 is 12.7 Å². The van der Waals surface area contributed by atoms with E-state index in [9.17, 15) is 26.3 Å². The van der Waals surface area contributed by atoms with Crippen LogP contribution in [-0.4, -0.2) is 35.4 Å². The molecule has 3 nitrogen and oxygen atoms in total. The molecule has 0 aliphatic rings. The van der Waals surface area contributed by atoms with Gasteiger partial charge in [-0.2, -0.15) is 0 Å². The lowest BCUT2D eigenvalue weighted by atomic mass is 10.0. The first kappa shape index (κ1) is 56.7. The van der Waals surface area contributed by atoms with E-state index in [1.54, 1.807) is 30.3 Å². The number of rotatable bonds is 31. The maximum atomic E-state index is 14.9. The average Bonchev–Trinajstić information content (AvgIpc) is 3.31. The minimum absolute atomic E-state index is 0.288. The molecule has 4 rings (SSSR count). The van der Waals surface area contributed by atoms with Crippen LogP contribution >= 0.6 is 16.0 Å². The van der Waals surface area contributed by atoms with E-state index in [0.29, 0.717) is 28.3 Å². The maximum absolute atomic E-state index is 14.9. The van der Waals surface area contributed by atoms with E-state index in [-0.39, 0.29) is 11.5 Å². The average molecular weight is 1010 g/mol. The summed E-state index contributed by atoms with van der Waals surface area (Å²) in [6, 6.07) is 35.2. The highest BCUT2D eigenvalue weighted by Crippen LogP contribution is 2.61. The lowest BCUT2D eigenvalue weighted by Gasteiger charge is -2.37. The zero-order valence-electron chi connectivity index (χ0n) is 41.5. The van der Waals surface area contributed by atoms with Crippen LogP contribution in [0.1, 0.15) is 138 Å². The third-order valence-electron chi connectivity index (χ3n) is 13.3. The highest BCUT2D eigenvalue weighted by Gasteiger charge is 2.39. The van der Waals surface area contributed by atoms with Crippen LogP contribution in [-0.2, 0) is 0 Å². The molecule has 0 amide bonds. The van der Waals surface area contributed by atoms with E-state index >= 15 is 0 Å². The number of nitrogens with zero attached hydrogens (tertiary/aromatic N) is 1. The first-order chi connectivity index (χ1) is 32.1. The van der Waals surface area contributed by atoms with E-state index in [1.807, 2.05) is 18.2 Å². The number of anilines is 1. The fourth-order valence-electron chi connectivity index (χ4n) is 9.66. The number of unbranched alkanes of at least 4 members (excludes halogenated alkanes) is 7. The van der Waals surface area contributed by atoms with Crippen LogP contribution in [0.3, 0.4) is 0 Å². The topological polar surface area (TPSA) is 21.7 Å². The van der Waals surface area contributed by atoms with Crippen molar-refractivity contribution < 1.29 is 35.8 Å². The van der Waals surface area contributed by atoms with Gasteiger partial charge in [-0.05, 0) is 44.5 Å². The van der Waals surface area contributed by atoms with Gasteiger partial charge in [-0.3, -0.25) is 0 Å². The maximum Gasteiger partial charge on any atom is 0.573 e. The number of alkyl halides is 6. The highest BCUT2D eigenvalue weighted by molar-refractivity contribution is 8.28. The summed E-state index contributed by atoms with van der Waals surface area (Å²) in [5, 5.41) is 3.27. The van der Waals surface area contributed by atoms with Crippen LogP contribution in [0, 0.1) is 0 Å². The monoisotopic (exact) mass is 1010 g/mol. The molecule has 67 heavy (non-hydrogen) atoms. The Bertz CT molecular complexity index is 2010. The molecule has 2 atom stereocenters.